The highest BCUT2D eigenvalue weighted by Crippen LogP contribution is 2.26. The standard InChI is InChI=1S/C15H11ClN6/c1-9-6-7-10(16)8-12(9)18-14-15-19-20-21-22(15)13-5-3-2-4-11(13)17-14/h2-8H,1H3,(H,17,18). The smallest absolute Gasteiger partial charge is 0.222 e. The lowest BCUT2D eigenvalue weighted by atomic mass is 10.2. The Morgan fingerprint density at radius 1 is 1.14 bits per heavy atom. The van der Waals surface area contributed by atoms with Crippen LogP contribution in [0, 0.1) is 6.92 Å². The molecule has 7 heteroatoms. The number of aromatic nitrogens is 5. The van der Waals surface area contributed by atoms with Crippen molar-refractivity contribution in [1.29, 1.82) is 0 Å². The highest BCUT2D eigenvalue weighted by molar-refractivity contribution is 6.30. The number of halogens is 1. The van der Waals surface area contributed by atoms with E-state index in [1.54, 1.807) is 4.52 Å². The summed E-state index contributed by atoms with van der Waals surface area (Å²) in [6.45, 7) is 2.00. The van der Waals surface area contributed by atoms with Gasteiger partial charge in [-0.1, -0.05) is 29.8 Å². The Labute approximate surface area is 130 Å². The van der Waals surface area contributed by atoms with Crippen molar-refractivity contribution < 1.29 is 0 Å². The fourth-order valence-electron chi connectivity index (χ4n) is 2.35. The topological polar surface area (TPSA) is 68.0 Å². The van der Waals surface area contributed by atoms with Gasteiger partial charge in [0, 0.05) is 10.7 Å². The molecule has 4 rings (SSSR count). The third-order valence-corrected chi connectivity index (χ3v) is 3.71. The fraction of sp³-hybridized carbons (Fsp3) is 0.0667. The molecule has 0 saturated carbocycles. The summed E-state index contributed by atoms with van der Waals surface area (Å²) in [6.07, 6.45) is 0. The Morgan fingerprint density at radius 3 is 2.91 bits per heavy atom. The SMILES string of the molecule is Cc1ccc(Cl)cc1Nc1nc2ccccc2n2nnnc12. The first-order chi connectivity index (χ1) is 10.7. The first kappa shape index (κ1) is 13.0. The largest absolute Gasteiger partial charge is 0.337 e. The monoisotopic (exact) mass is 310 g/mol. The molecule has 2 heterocycles. The minimum Gasteiger partial charge on any atom is -0.337 e. The van der Waals surface area contributed by atoms with E-state index < -0.39 is 0 Å². The van der Waals surface area contributed by atoms with Crippen LogP contribution < -0.4 is 5.32 Å². The van der Waals surface area contributed by atoms with Crippen molar-refractivity contribution in [3.05, 3.63) is 53.1 Å². The van der Waals surface area contributed by atoms with Crippen LogP contribution in [0.5, 0.6) is 0 Å². The van der Waals surface area contributed by atoms with E-state index in [0.717, 1.165) is 22.3 Å². The molecule has 0 amide bonds. The van der Waals surface area contributed by atoms with Crippen molar-refractivity contribution >= 4 is 39.8 Å². The third kappa shape index (κ3) is 2.05. The van der Waals surface area contributed by atoms with Gasteiger partial charge in [-0.2, -0.15) is 4.52 Å². The molecule has 6 nitrogen and oxygen atoms in total. The number of fused-ring (bicyclic) bond motifs is 3. The zero-order valence-corrected chi connectivity index (χ0v) is 12.4. The van der Waals surface area contributed by atoms with Crippen molar-refractivity contribution in [1.82, 2.24) is 25.0 Å². The number of benzene rings is 2. The molecule has 0 unspecified atom stereocenters. The Morgan fingerprint density at radius 2 is 2.00 bits per heavy atom. The van der Waals surface area contributed by atoms with Gasteiger partial charge >= 0.3 is 0 Å². The molecule has 0 aliphatic rings. The molecule has 108 valence electrons. The zero-order chi connectivity index (χ0) is 15.1. The maximum absolute atomic E-state index is 6.07. The predicted molar refractivity (Wildman–Crippen MR) is 85.6 cm³/mol. The maximum atomic E-state index is 6.07. The average Bonchev–Trinajstić information content (AvgIpc) is 3.01. The lowest BCUT2D eigenvalue weighted by molar-refractivity contribution is 0.841. The summed E-state index contributed by atoms with van der Waals surface area (Å²) < 4.78 is 1.67. The number of nitrogens with zero attached hydrogens (tertiary/aromatic N) is 5. The van der Waals surface area contributed by atoms with Crippen LogP contribution in [0.2, 0.25) is 5.02 Å². The first-order valence-electron chi connectivity index (χ1n) is 6.72. The van der Waals surface area contributed by atoms with Gasteiger partial charge in [-0.15, -0.1) is 5.10 Å². The van der Waals surface area contributed by atoms with Crippen molar-refractivity contribution in [3.8, 4) is 0 Å². The Balaban J connectivity index is 1.93. The summed E-state index contributed by atoms with van der Waals surface area (Å²) in [6, 6.07) is 13.4. The summed E-state index contributed by atoms with van der Waals surface area (Å²) >= 11 is 6.07. The number of para-hydroxylation sites is 2. The van der Waals surface area contributed by atoms with Crippen LogP contribution in [0.1, 0.15) is 5.56 Å². The molecule has 0 spiro atoms. The van der Waals surface area contributed by atoms with Crippen LogP contribution in [-0.4, -0.2) is 25.0 Å². The molecular weight excluding hydrogens is 300 g/mol. The lowest BCUT2D eigenvalue weighted by Crippen LogP contribution is -2.02. The van der Waals surface area contributed by atoms with Crippen LogP contribution in [0.3, 0.4) is 0 Å². The van der Waals surface area contributed by atoms with Crippen LogP contribution in [-0.2, 0) is 0 Å². The van der Waals surface area contributed by atoms with E-state index in [1.807, 2.05) is 49.4 Å². The van der Waals surface area contributed by atoms with Crippen molar-refractivity contribution in [2.24, 2.45) is 0 Å². The fourth-order valence-corrected chi connectivity index (χ4v) is 2.52. The molecule has 0 saturated heterocycles. The molecular formula is C15H11ClN6. The van der Waals surface area contributed by atoms with Crippen molar-refractivity contribution in [2.75, 3.05) is 5.32 Å². The van der Waals surface area contributed by atoms with E-state index in [4.69, 9.17) is 11.6 Å². The molecule has 2 aromatic carbocycles. The second-order valence-corrected chi connectivity index (χ2v) is 5.38. The molecule has 0 radical (unpaired) electrons. The molecule has 0 fully saturated rings. The van der Waals surface area contributed by atoms with E-state index in [1.165, 1.54) is 0 Å². The lowest BCUT2D eigenvalue weighted by Gasteiger charge is -2.10. The molecule has 0 atom stereocenters. The summed E-state index contributed by atoms with van der Waals surface area (Å²) in [4.78, 5) is 4.62. The van der Waals surface area contributed by atoms with Gasteiger partial charge < -0.3 is 5.32 Å². The Hall–Kier alpha value is -2.73. The van der Waals surface area contributed by atoms with Gasteiger partial charge in [0.25, 0.3) is 0 Å². The molecule has 22 heavy (non-hydrogen) atoms. The number of hydrogen-bond acceptors (Lipinski definition) is 5. The van der Waals surface area contributed by atoms with E-state index >= 15 is 0 Å². The predicted octanol–water partition coefficient (Wildman–Crippen LogP) is 3.38. The third-order valence-electron chi connectivity index (χ3n) is 3.48. The van der Waals surface area contributed by atoms with Gasteiger partial charge in [0.15, 0.2) is 5.82 Å². The summed E-state index contributed by atoms with van der Waals surface area (Å²) in [5.74, 6) is 0.592. The number of aryl methyl sites for hydroxylation is 1. The number of hydrogen-bond donors (Lipinski definition) is 1. The summed E-state index contributed by atoms with van der Waals surface area (Å²) in [5.41, 5.74) is 4.17. The molecule has 0 aliphatic carbocycles. The quantitative estimate of drug-likeness (QED) is 0.614. The molecule has 0 aliphatic heterocycles. The van der Waals surface area contributed by atoms with E-state index in [-0.39, 0.29) is 0 Å². The number of nitrogens with one attached hydrogen (secondary N) is 1. The average molecular weight is 311 g/mol. The highest BCUT2D eigenvalue weighted by Gasteiger charge is 2.12. The summed E-state index contributed by atoms with van der Waals surface area (Å²) in [5, 5.41) is 15.8. The number of tetrazole rings is 1. The summed E-state index contributed by atoms with van der Waals surface area (Å²) in [7, 11) is 0. The van der Waals surface area contributed by atoms with E-state index in [0.29, 0.717) is 16.5 Å². The Bertz CT molecular complexity index is 994. The van der Waals surface area contributed by atoms with Crippen LogP contribution in [0.25, 0.3) is 16.7 Å². The van der Waals surface area contributed by atoms with Crippen LogP contribution >= 0.6 is 11.6 Å². The van der Waals surface area contributed by atoms with Gasteiger partial charge in [-0.05, 0) is 47.2 Å². The molecule has 0 bridgehead atoms. The van der Waals surface area contributed by atoms with Crippen molar-refractivity contribution in [3.63, 3.8) is 0 Å². The second kappa shape index (κ2) is 4.92. The molecule has 1 N–H and O–H groups in total. The van der Waals surface area contributed by atoms with Gasteiger partial charge in [-0.25, -0.2) is 4.98 Å². The minimum atomic E-state index is 0.568. The van der Waals surface area contributed by atoms with E-state index in [9.17, 15) is 0 Å². The highest BCUT2D eigenvalue weighted by atomic mass is 35.5. The Kier molecular flexibility index (Phi) is 2.90. The molecule has 4 aromatic rings. The minimum absolute atomic E-state index is 0.568. The first-order valence-corrected chi connectivity index (χ1v) is 7.10. The number of anilines is 2. The van der Waals surface area contributed by atoms with Crippen LogP contribution in [0.4, 0.5) is 11.5 Å². The second-order valence-electron chi connectivity index (χ2n) is 4.95. The van der Waals surface area contributed by atoms with Crippen LogP contribution in [0.15, 0.2) is 42.5 Å². The van der Waals surface area contributed by atoms with Gasteiger partial charge in [-0.3, -0.25) is 0 Å². The zero-order valence-electron chi connectivity index (χ0n) is 11.7. The molecule has 2 aromatic heterocycles. The normalized spacial score (nSPS) is 11.2. The maximum Gasteiger partial charge on any atom is 0.222 e. The number of rotatable bonds is 2. The van der Waals surface area contributed by atoms with Crippen molar-refractivity contribution in [2.45, 2.75) is 6.92 Å². The van der Waals surface area contributed by atoms with Gasteiger partial charge in [0.2, 0.25) is 5.65 Å². The van der Waals surface area contributed by atoms with E-state index in [2.05, 4.69) is 25.8 Å². The van der Waals surface area contributed by atoms with Gasteiger partial charge in [0.05, 0.1) is 11.0 Å². The van der Waals surface area contributed by atoms with Gasteiger partial charge in [0.1, 0.15) is 0 Å².